The van der Waals surface area contributed by atoms with Crippen LogP contribution in [0.15, 0.2) is 17.3 Å². The number of rotatable bonds is 4. The second kappa shape index (κ2) is 4.73. The normalized spacial score (nSPS) is 12.4. The third-order valence-corrected chi connectivity index (χ3v) is 2.17. The van der Waals surface area contributed by atoms with Gasteiger partial charge in [-0.05, 0) is 19.0 Å². The van der Waals surface area contributed by atoms with Gasteiger partial charge in [-0.3, -0.25) is 9.48 Å². The molecular weight excluding hydrogens is 224 g/mol. The summed E-state index contributed by atoms with van der Waals surface area (Å²) >= 11 is 0. The fourth-order valence-electron chi connectivity index (χ4n) is 1.38. The Balaban J connectivity index is 1.93. The molecule has 2 rings (SSSR count). The van der Waals surface area contributed by atoms with Gasteiger partial charge in [0.2, 0.25) is 0 Å². The summed E-state index contributed by atoms with van der Waals surface area (Å²) in [6, 6.07) is -0.0969. The van der Waals surface area contributed by atoms with Crippen LogP contribution in [-0.4, -0.2) is 37.0 Å². The van der Waals surface area contributed by atoms with Crippen molar-refractivity contribution >= 4 is 5.91 Å². The largest absolute Gasteiger partial charge is 0.346 e. The molecule has 2 aromatic heterocycles. The minimum atomic E-state index is -0.309. The molecule has 8 nitrogen and oxygen atoms in total. The number of amides is 1. The van der Waals surface area contributed by atoms with Crippen molar-refractivity contribution in [2.45, 2.75) is 26.4 Å². The highest BCUT2D eigenvalue weighted by Gasteiger charge is 2.17. The van der Waals surface area contributed by atoms with Crippen molar-refractivity contribution in [1.29, 1.82) is 0 Å². The number of hydrogen-bond donors (Lipinski definition) is 1. The second-order valence-corrected chi connectivity index (χ2v) is 3.69. The minimum Gasteiger partial charge on any atom is -0.346 e. The fourth-order valence-corrected chi connectivity index (χ4v) is 1.38. The molecule has 0 aliphatic carbocycles. The van der Waals surface area contributed by atoms with Crippen molar-refractivity contribution in [2.24, 2.45) is 0 Å². The smallest absolute Gasteiger partial charge is 0.275 e. The van der Waals surface area contributed by atoms with Crippen molar-refractivity contribution in [3.8, 4) is 0 Å². The lowest BCUT2D eigenvalue weighted by Gasteiger charge is -2.12. The highest BCUT2D eigenvalue weighted by atomic mass is 16.6. The van der Waals surface area contributed by atoms with Crippen LogP contribution in [0.25, 0.3) is 0 Å². The van der Waals surface area contributed by atoms with Crippen LogP contribution in [0.2, 0.25) is 0 Å². The van der Waals surface area contributed by atoms with Gasteiger partial charge < -0.3 is 5.32 Å². The Labute approximate surface area is 97.0 Å². The zero-order valence-corrected chi connectivity index (χ0v) is 9.49. The summed E-state index contributed by atoms with van der Waals surface area (Å²) in [6.07, 6.45) is 3.03. The second-order valence-electron chi connectivity index (χ2n) is 3.69. The maximum atomic E-state index is 11.7. The lowest BCUT2D eigenvalue weighted by molar-refractivity contribution is 0.0925. The first-order chi connectivity index (χ1) is 8.16. The molecule has 17 heavy (non-hydrogen) atoms. The van der Waals surface area contributed by atoms with E-state index < -0.39 is 0 Å². The molecule has 0 saturated carbocycles. The van der Waals surface area contributed by atoms with Gasteiger partial charge >= 0.3 is 0 Å². The van der Waals surface area contributed by atoms with Gasteiger partial charge in [0.25, 0.3) is 5.91 Å². The molecule has 0 spiro atoms. The molecule has 0 saturated heterocycles. The van der Waals surface area contributed by atoms with Gasteiger partial charge in [-0.15, -0.1) is 0 Å². The first-order valence-electron chi connectivity index (χ1n) is 5.09. The number of hydrogen-bond acceptors (Lipinski definition) is 6. The lowest BCUT2D eigenvalue weighted by atomic mass is 10.3. The van der Waals surface area contributed by atoms with Gasteiger partial charge in [-0.1, -0.05) is 5.16 Å². The van der Waals surface area contributed by atoms with E-state index in [1.807, 2.05) is 6.92 Å². The molecule has 2 heterocycles. The van der Waals surface area contributed by atoms with Crippen molar-refractivity contribution in [2.75, 3.05) is 0 Å². The maximum Gasteiger partial charge on any atom is 0.275 e. The van der Waals surface area contributed by atoms with E-state index in [1.165, 1.54) is 6.33 Å². The molecule has 0 aliphatic heterocycles. The minimum absolute atomic E-state index is 0.0969. The molecule has 0 bridgehead atoms. The Hall–Kier alpha value is -2.25. The molecule has 1 N–H and O–H groups in total. The number of carbonyl (C=O) groups excluding carboxylic acids is 1. The van der Waals surface area contributed by atoms with Crippen LogP contribution in [0.1, 0.15) is 23.1 Å². The summed E-state index contributed by atoms with van der Waals surface area (Å²) < 4.78 is 6.10. The molecular formula is C9H12N6O2. The van der Waals surface area contributed by atoms with Crippen LogP contribution in [0.3, 0.4) is 0 Å². The number of nitrogens with one attached hydrogen (secondary N) is 1. The summed E-state index contributed by atoms with van der Waals surface area (Å²) in [5.74, 6) is -0.309. The molecule has 1 atom stereocenters. The third kappa shape index (κ3) is 2.65. The zero-order valence-electron chi connectivity index (χ0n) is 9.49. The Morgan fingerprint density at radius 3 is 3.00 bits per heavy atom. The Morgan fingerprint density at radius 1 is 1.59 bits per heavy atom. The fraction of sp³-hybridized carbons (Fsp3) is 0.444. The van der Waals surface area contributed by atoms with Crippen LogP contribution in [-0.2, 0) is 6.54 Å². The quantitative estimate of drug-likeness (QED) is 0.788. The lowest BCUT2D eigenvalue weighted by Crippen LogP contribution is -2.36. The van der Waals surface area contributed by atoms with Crippen molar-refractivity contribution in [1.82, 2.24) is 30.4 Å². The third-order valence-electron chi connectivity index (χ3n) is 2.17. The van der Waals surface area contributed by atoms with Crippen LogP contribution >= 0.6 is 0 Å². The molecule has 1 amide bonds. The molecule has 90 valence electrons. The van der Waals surface area contributed by atoms with Crippen LogP contribution in [0.5, 0.6) is 0 Å². The monoisotopic (exact) mass is 236 g/mol. The Morgan fingerprint density at radius 2 is 2.41 bits per heavy atom. The average Bonchev–Trinajstić information content (AvgIpc) is 2.88. The molecule has 0 fully saturated rings. The predicted octanol–water partition coefficient (Wildman–Crippen LogP) is -0.212. The van der Waals surface area contributed by atoms with Gasteiger partial charge in [-0.2, -0.15) is 5.10 Å². The number of carbonyl (C=O) groups is 1. The van der Waals surface area contributed by atoms with Crippen LogP contribution in [0.4, 0.5) is 0 Å². The van der Waals surface area contributed by atoms with Crippen molar-refractivity contribution in [3.63, 3.8) is 0 Å². The molecule has 0 radical (unpaired) electrons. The van der Waals surface area contributed by atoms with E-state index in [9.17, 15) is 4.79 Å². The summed E-state index contributed by atoms with van der Waals surface area (Å²) in [7, 11) is 0. The molecule has 0 aromatic carbocycles. The summed E-state index contributed by atoms with van der Waals surface area (Å²) in [5.41, 5.74) is 0.672. The van der Waals surface area contributed by atoms with Crippen molar-refractivity contribution < 1.29 is 9.42 Å². The van der Waals surface area contributed by atoms with E-state index in [2.05, 4.69) is 30.3 Å². The SMILES string of the molecule is Cc1nonc1C(=O)NC(C)Cn1cncn1. The molecule has 1 unspecified atom stereocenters. The molecule has 8 heteroatoms. The first-order valence-corrected chi connectivity index (χ1v) is 5.09. The summed E-state index contributed by atoms with van der Waals surface area (Å²) in [4.78, 5) is 15.6. The average molecular weight is 236 g/mol. The van der Waals surface area contributed by atoms with Crippen molar-refractivity contribution in [3.05, 3.63) is 24.0 Å². The van der Waals surface area contributed by atoms with Crippen LogP contribution < -0.4 is 5.32 Å². The van der Waals surface area contributed by atoms with E-state index in [0.717, 1.165) is 0 Å². The Kier molecular flexibility index (Phi) is 3.12. The first kappa shape index (κ1) is 11.2. The molecule has 0 aliphatic rings. The van der Waals surface area contributed by atoms with Gasteiger partial charge in [0.1, 0.15) is 18.3 Å². The standard InChI is InChI=1S/C9H12N6O2/c1-6(3-15-5-10-4-11-15)12-9(16)8-7(2)13-17-14-8/h4-6H,3H2,1-2H3,(H,12,16). The van der Waals surface area contributed by atoms with Gasteiger partial charge in [-0.25, -0.2) is 9.61 Å². The van der Waals surface area contributed by atoms with Gasteiger partial charge in [0.05, 0.1) is 6.54 Å². The maximum absolute atomic E-state index is 11.7. The number of nitrogens with zero attached hydrogens (tertiary/aromatic N) is 5. The number of aromatic nitrogens is 5. The zero-order chi connectivity index (χ0) is 12.3. The van der Waals surface area contributed by atoms with E-state index in [4.69, 9.17) is 0 Å². The van der Waals surface area contributed by atoms with Gasteiger partial charge in [0, 0.05) is 6.04 Å². The topological polar surface area (TPSA) is 98.7 Å². The van der Waals surface area contributed by atoms with E-state index in [-0.39, 0.29) is 17.6 Å². The van der Waals surface area contributed by atoms with Crippen LogP contribution in [0, 0.1) is 6.92 Å². The summed E-state index contributed by atoms with van der Waals surface area (Å²) in [5, 5.41) is 13.8. The highest BCUT2D eigenvalue weighted by Crippen LogP contribution is 2.01. The van der Waals surface area contributed by atoms with Gasteiger partial charge in [0.15, 0.2) is 5.69 Å². The summed E-state index contributed by atoms with van der Waals surface area (Å²) in [6.45, 7) is 4.06. The van der Waals surface area contributed by atoms with E-state index in [0.29, 0.717) is 12.2 Å². The highest BCUT2D eigenvalue weighted by molar-refractivity contribution is 5.93. The number of aryl methyl sites for hydroxylation is 1. The van der Waals surface area contributed by atoms with E-state index >= 15 is 0 Å². The molecule has 2 aromatic rings. The van der Waals surface area contributed by atoms with E-state index in [1.54, 1.807) is 17.9 Å². The Bertz CT molecular complexity index is 491. The predicted molar refractivity (Wildman–Crippen MR) is 56.0 cm³/mol.